The second-order valence-electron chi connectivity index (χ2n) is 0.659. The molecule has 6 N–H and O–H groups in total. The molecule has 0 aromatic rings. The third kappa shape index (κ3) is 16.3. The van der Waals surface area contributed by atoms with Gasteiger partial charge in [-0.05, 0) is 0 Å². The molecule has 0 saturated carbocycles. The zero-order chi connectivity index (χ0) is 5.21. The second kappa shape index (κ2) is 5.40. The Balaban J connectivity index is -0.000000125. The van der Waals surface area contributed by atoms with Crippen LogP contribution < -0.4 is 12.3 Å². The fraction of sp³-hybridized carbons (Fsp3) is 1.00. The van der Waals surface area contributed by atoms with Crippen molar-refractivity contribution in [1.29, 1.82) is 0 Å². The first kappa shape index (κ1) is 15.7. The lowest BCUT2D eigenvalue weighted by Gasteiger charge is -1.84. The molecule has 0 aliphatic heterocycles. The summed E-state index contributed by atoms with van der Waals surface area (Å²) in [5.74, 6) is 0. The van der Waals surface area contributed by atoms with Crippen LogP contribution in [0.1, 0.15) is 0 Å². The normalized spacial score (nSPS) is 8.75. The third-order valence-electron chi connectivity index (χ3n) is 0.232. The molecule has 5 nitrogen and oxygen atoms in total. The van der Waals surface area contributed by atoms with E-state index < -0.39 is 9.74 Å². The molecular formula is CH11N2O3PS. The van der Waals surface area contributed by atoms with Gasteiger partial charge in [0.1, 0.15) is 0 Å². The molecule has 0 amide bonds. The molecule has 0 aliphatic rings. The molecule has 0 aromatic carbocycles. The number of hydrogen-bond acceptors (Lipinski definition) is 5. The van der Waals surface area contributed by atoms with Gasteiger partial charge in [-0.25, -0.2) is 0 Å². The Labute approximate surface area is 51.0 Å². The molecule has 0 aliphatic carbocycles. The van der Waals surface area contributed by atoms with Gasteiger partial charge >= 0.3 is 0 Å². The van der Waals surface area contributed by atoms with Gasteiger partial charge in [-0.15, -0.1) is 0 Å². The lowest BCUT2D eigenvalue weighted by Crippen LogP contribution is -1.86. The largest absolute Gasteiger partial charge is 0.344 e. The summed E-state index contributed by atoms with van der Waals surface area (Å²) in [6, 6.07) is 0. The summed E-state index contributed by atoms with van der Waals surface area (Å²) in [7, 11) is -0.604. The molecular weight excluding hydrogens is 151 g/mol. The van der Waals surface area contributed by atoms with Crippen LogP contribution in [0.25, 0.3) is 0 Å². The van der Waals surface area contributed by atoms with Crippen molar-refractivity contribution >= 4 is 18.2 Å². The van der Waals surface area contributed by atoms with Crippen LogP contribution in [0, 0.1) is 0 Å². The van der Waals surface area contributed by atoms with Crippen molar-refractivity contribution in [3.8, 4) is 0 Å². The molecule has 1 unspecified atom stereocenters. The Hall–Kier alpha value is 0.260. The summed E-state index contributed by atoms with van der Waals surface area (Å²) in [4.78, 5) is 0. The molecule has 0 bridgehead atoms. The van der Waals surface area contributed by atoms with Crippen molar-refractivity contribution < 1.29 is 12.6 Å². The highest BCUT2D eigenvalue weighted by Gasteiger charge is 1.90. The van der Waals surface area contributed by atoms with Crippen molar-refractivity contribution in [3.05, 3.63) is 0 Å². The van der Waals surface area contributed by atoms with E-state index in [1.165, 1.54) is 0 Å². The first-order valence-corrected chi connectivity index (χ1v) is 4.03. The summed E-state index contributed by atoms with van der Waals surface area (Å²) >= 11 is 0. The Bertz CT molecular complexity index is 119. The molecule has 0 spiro atoms. The molecule has 8 heavy (non-hydrogen) atoms. The first-order chi connectivity index (χ1) is 2.56. The van der Waals surface area contributed by atoms with E-state index >= 15 is 0 Å². The highest BCUT2D eigenvalue weighted by molar-refractivity contribution is 8.34. The van der Waals surface area contributed by atoms with E-state index in [9.17, 15) is 8.42 Å². The average molecular weight is 162 g/mol. The molecule has 0 rings (SSSR count). The van der Waals surface area contributed by atoms with Gasteiger partial charge in [0.25, 0.3) is 9.74 Å². The first-order valence-electron chi connectivity index (χ1n) is 1.14. The van der Waals surface area contributed by atoms with Gasteiger partial charge in [0.2, 0.25) is 0 Å². The van der Waals surface area contributed by atoms with Crippen LogP contribution in [0.15, 0.2) is 0 Å². The summed E-state index contributed by atoms with van der Waals surface area (Å²) < 4.78 is 23.4. The van der Waals surface area contributed by atoms with Gasteiger partial charge in [-0.3, -0.25) is 4.18 Å². The third-order valence-corrected chi connectivity index (χ3v) is 1.27. The minimum absolute atomic E-state index is 0. The molecule has 0 heterocycles. The topological polar surface area (TPSA) is 113 Å². The summed E-state index contributed by atoms with van der Waals surface area (Å²) in [6.07, 6.45) is 0. The average Bonchev–Trinajstić information content (AvgIpc) is 1.35. The molecule has 0 fully saturated rings. The predicted molar refractivity (Wildman–Crippen MR) is 35.7 cm³/mol. The van der Waals surface area contributed by atoms with Crippen LogP contribution in [0.3, 0.4) is 0 Å². The fourth-order valence-corrected chi connectivity index (χ4v) is 0. The maximum Gasteiger partial charge on any atom is 0.277 e. The Morgan fingerprint density at radius 3 is 1.50 bits per heavy atom. The molecule has 0 radical (unpaired) electrons. The van der Waals surface area contributed by atoms with Crippen LogP contribution in [0.4, 0.5) is 0 Å². The van der Waals surface area contributed by atoms with E-state index in [-0.39, 0.29) is 12.3 Å². The van der Waals surface area contributed by atoms with E-state index in [1.807, 2.05) is 0 Å². The van der Waals surface area contributed by atoms with E-state index in [0.717, 1.165) is 7.11 Å². The van der Waals surface area contributed by atoms with Gasteiger partial charge in [-0.1, -0.05) is 0 Å². The molecule has 1 atom stereocenters. The van der Waals surface area contributed by atoms with Crippen molar-refractivity contribution in [2.24, 2.45) is 0 Å². The van der Waals surface area contributed by atoms with Gasteiger partial charge < -0.3 is 12.3 Å². The van der Waals surface area contributed by atoms with Crippen molar-refractivity contribution in [2.45, 2.75) is 0 Å². The molecule has 0 aromatic heterocycles. The lowest BCUT2D eigenvalue weighted by molar-refractivity contribution is 0.413. The SMILES string of the molecule is COS(=O)(=O)P.N.N. The van der Waals surface area contributed by atoms with Crippen molar-refractivity contribution in [1.82, 2.24) is 12.3 Å². The van der Waals surface area contributed by atoms with Crippen molar-refractivity contribution in [2.75, 3.05) is 7.11 Å². The smallest absolute Gasteiger partial charge is 0.277 e. The van der Waals surface area contributed by atoms with Gasteiger partial charge in [0.15, 0.2) is 0 Å². The second-order valence-corrected chi connectivity index (χ2v) is 3.71. The van der Waals surface area contributed by atoms with E-state index in [0.29, 0.717) is 0 Å². The maximum atomic E-state index is 9.74. The monoisotopic (exact) mass is 162 g/mol. The number of hydrogen-bond donors (Lipinski definition) is 2. The van der Waals surface area contributed by atoms with Crippen LogP contribution in [-0.4, -0.2) is 15.5 Å². The Morgan fingerprint density at radius 2 is 1.50 bits per heavy atom. The van der Waals surface area contributed by atoms with Crippen molar-refractivity contribution in [3.63, 3.8) is 0 Å². The Kier molecular flexibility index (Phi) is 10.6. The minimum atomic E-state index is -3.25. The van der Waals surface area contributed by atoms with E-state index in [1.54, 1.807) is 8.44 Å². The molecule has 54 valence electrons. The fourth-order valence-electron chi connectivity index (χ4n) is 0. The van der Waals surface area contributed by atoms with Crippen LogP contribution in [0.2, 0.25) is 0 Å². The van der Waals surface area contributed by atoms with E-state index in [2.05, 4.69) is 4.18 Å². The van der Waals surface area contributed by atoms with Crippen LogP contribution in [0.5, 0.6) is 0 Å². The molecule has 7 heteroatoms. The highest BCUT2D eigenvalue weighted by Crippen LogP contribution is 1.97. The highest BCUT2D eigenvalue weighted by atomic mass is 32.7. The summed E-state index contributed by atoms with van der Waals surface area (Å²) in [5, 5.41) is 0. The minimum Gasteiger partial charge on any atom is -0.344 e. The quantitative estimate of drug-likeness (QED) is 0.530. The zero-order valence-electron chi connectivity index (χ0n) is 4.62. The Morgan fingerprint density at radius 1 is 1.38 bits per heavy atom. The van der Waals surface area contributed by atoms with E-state index in [4.69, 9.17) is 0 Å². The number of rotatable bonds is 1. The zero-order valence-corrected chi connectivity index (χ0v) is 6.60. The predicted octanol–water partition coefficient (Wildman–Crippen LogP) is 0.0767. The maximum absolute atomic E-state index is 9.74. The van der Waals surface area contributed by atoms with Crippen LogP contribution in [-0.2, 0) is 13.9 Å². The summed E-state index contributed by atoms with van der Waals surface area (Å²) in [5.41, 5.74) is 0. The standard InChI is InChI=1S/CH5O3PS.2H3N/c1-4-6(2,3)5;;/h5H2,1H3;2*1H3. The van der Waals surface area contributed by atoms with Crippen LogP contribution >= 0.6 is 8.44 Å². The molecule has 0 saturated heterocycles. The van der Waals surface area contributed by atoms with Gasteiger partial charge in [0, 0.05) is 8.44 Å². The van der Waals surface area contributed by atoms with Gasteiger partial charge in [0.05, 0.1) is 7.11 Å². The lowest BCUT2D eigenvalue weighted by atomic mass is 11.8. The summed E-state index contributed by atoms with van der Waals surface area (Å²) in [6.45, 7) is 0. The van der Waals surface area contributed by atoms with Gasteiger partial charge in [-0.2, -0.15) is 8.42 Å².